The molecule has 0 heterocycles. The molecular weight excluding hydrogens is 286 g/mol. The summed E-state index contributed by atoms with van der Waals surface area (Å²) < 4.78 is 1.19. The lowest BCUT2D eigenvalue weighted by Crippen LogP contribution is -2.24. The smallest absolute Gasteiger partial charge is 0.0323 e. The molecular formula is C16H26BrN. The first-order valence-electron chi connectivity index (χ1n) is 7.07. The van der Waals surface area contributed by atoms with Gasteiger partial charge in [0.2, 0.25) is 0 Å². The molecule has 2 atom stereocenters. The second-order valence-electron chi connectivity index (χ2n) is 5.32. The fourth-order valence-electron chi connectivity index (χ4n) is 2.19. The van der Waals surface area contributed by atoms with Crippen molar-refractivity contribution >= 4 is 15.9 Å². The van der Waals surface area contributed by atoms with Gasteiger partial charge >= 0.3 is 0 Å². The molecule has 0 aliphatic heterocycles. The molecule has 1 N–H and O–H groups in total. The Hall–Kier alpha value is -0.340. The van der Waals surface area contributed by atoms with Crippen LogP contribution in [0.2, 0.25) is 0 Å². The first-order valence-corrected chi connectivity index (χ1v) is 7.86. The van der Waals surface area contributed by atoms with Crippen LogP contribution in [-0.2, 0) is 0 Å². The normalized spacial score (nSPS) is 14.5. The third-order valence-electron chi connectivity index (χ3n) is 3.44. The highest BCUT2D eigenvalue weighted by Gasteiger charge is 2.14. The van der Waals surface area contributed by atoms with Crippen LogP contribution in [0.5, 0.6) is 0 Å². The van der Waals surface area contributed by atoms with Gasteiger partial charge < -0.3 is 5.32 Å². The first-order chi connectivity index (χ1) is 8.56. The summed E-state index contributed by atoms with van der Waals surface area (Å²) in [6.45, 7) is 10.1. The third kappa shape index (κ3) is 5.11. The zero-order valence-electron chi connectivity index (χ0n) is 12.1. The minimum absolute atomic E-state index is 0.482. The molecule has 0 saturated carbocycles. The van der Waals surface area contributed by atoms with Crippen molar-refractivity contribution in [3.05, 3.63) is 33.8 Å². The summed E-state index contributed by atoms with van der Waals surface area (Å²) in [6, 6.07) is 7.21. The van der Waals surface area contributed by atoms with Crippen molar-refractivity contribution in [1.82, 2.24) is 5.32 Å². The Morgan fingerprint density at radius 3 is 2.50 bits per heavy atom. The summed E-state index contributed by atoms with van der Waals surface area (Å²) in [7, 11) is 0. The van der Waals surface area contributed by atoms with Crippen LogP contribution in [0.4, 0.5) is 0 Å². The van der Waals surface area contributed by atoms with E-state index >= 15 is 0 Å². The monoisotopic (exact) mass is 311 g/mol. The van der Waals surface area contributed by atoms with E-state index in [1.54, 1.807) is 0 Å². The average Bonchev–Trinajstić information content (AvgIpc) is 2.32. The molecule has 0 radical (unpaired) electrons. The molecule has 0 aliphatic rings. The highest BCUT2D eigenvalue weighted by atomic mass is 79.9. The standard InChI is InChI=1S/C16H26BrN/c1-5-7-18-16(10-12(3)6-2)14-8-13(4)9-15(17)11-14/h8-9,11-12,16,18H,5-7,10H2,1-4H3. The maximum Gasteiger partial charge on any atom is 0.0323 e. The van der Waals surface area contributed by atoms with E-state index in [0.29, 0.717) is 6.04 Å². The molecule has 18 heavy (non-hydrogen) atoms. The molecule has 0 bridgehead atoms. The van der Waals surface area contributed by atoms with Gasteiger partial charge in [0.15, 0.2) is 0 Å². The van der Waals surface area contributed by atoms with Gasteiger partial charge in [-0.15, -0.1) is 0 Å². The molecule has 1 aromatic rings. The van der Waals surface area contributed by atoms with Gasteiger partial charge in [0.05, 0.1) is 0 Å². The van der Waals surface area contributed by atoms with Crippen molar-refractivity contribution in [3.8, 4) is 0 Å². The van der Waals surface area contributed by atoms with E-state index in [2.05, 4.69) is 67.1 Å². The predicted octanol–water partition coefficient (Wildman–Crippen LogP) is 5.23. The molecule has 0 fully saturated rings. The Balaban J connectivity index is 2.85. The Morgan fingerprint density at radius 1 is 1.22 bits per heavy atom. The predicted molar refractivity (Wildman–Crippen MR) is 84.0 cm³/mol. The van der Waals surface area contributed by atoms with E-state index in [0.717, 1.165) is 12.5 Å². The minimum Gasteiger partial charge on any atom is -0.310 e. The molecule has 1 nitrogen and oxygen atoms in total. The molecule has 0 amide bonds. The van der Waals surface area contributed by atoms with E-state index in [9.17, 15) is 0 Å². The number of aryl methyl sites for hydroxylation is 1. The molecule has 0 aliphatic carbocycles. The number of hydrogen-bond donors (Lipinski definition) is 1. The number of benzene rings is 1. The Labute approximate surface area is 120 Å². The minimum atomic E-state index is 0.482. The molecule has 1 aromatic carbocycles. The van der Waals surface area contributed by atoms with Crippen LogP contribution in [0.25, 0.3) is 0 Å². The lowest BCUT2D eigenvalue weighted by molar-refractivity contribution is 0.402. The van der Waals surface area contributed by atoms with Crippen molar-refractivity contribution in [2.75, 3.05) is 6.54 Å². The highest BCUT2D eigenvalue weighted by molar-refractivity contribution is 9.10. The second kappa shape index (κ2) is 7.96. The van der Waals surface area contributed by atoms with Crippen molar-refractivity contribution < 1.29 is 0 Å². The van der Waals surface area contributed by atoms with Gasteiger partial charge in [0.1, 0.15) is 0 Å². The van der Waals surface area contributed by atoms with Gasteiger partial charge in [-0.25, -0.2) is 0 Å². The van der Waals surface area contributed by atoms with Gasteiger partial charge in [-0.1, -0.05) is 49.2 Å². The van der Waals surface area contributed by atoms with Crippen molar-refractivity contribution in [1.29, 1.82) is 0 Å². The summed E-state index contributed by atoms with van der Waals surface area (Å²) >= 11 is 3.60. The molecule has 0 saturated heterocycles. The van der Waals surface area contributed by atoms with Crippen molar-refractivity contribution in [2.24, 2.45) is 5.92 Å². The van der Waals surface area contributed by atoms with E-state index in [-0.39, 0.29) is 0 Å². The maximum absolute atomic E-state index is 3.68. The number of halogens is 1. The second-order valence-corrected chi connectivity index (χ2v) is 6.23. The molecule has 1 rings (SSSR count). The van der Waals surface area contributed by atoms with Crippen molar-refractivity contribution in [2.45, 2.75) is 53.0 Å². The van der Waals surface area contributed by atoms with Crippen LogP contribution in [0.3, 0.4) is 0 Å². The van der Waals surface area contributed by atoms with Crippen LogP contribution >= 0.6 is 15.9 Å². The Bertz CT molecular complexity index is 342. The lowest BCUT2D eigenvalue weighted by atomic mass is 9.93. The first kappa shape index (κ1) is 15.7. The molecule has 102 valence electrons. The Kier molecular flexibility index (Phi) is 6.95. The number of nitrogens with one attached hydrogen (secondary N) is 1. The summed E-state index contributed by atoms with van der Waals surface area (Å²) in [6.07, 6.45) is 3.65. The third-order valence-corrected chi connectivity index (χ3v) is 3.90. The summed E-state index contributed by atoms with van der Waals surface area (Å²) in [5.41, 5.74) is 2.74. The van der Waals surface area contributed by atoms with E-state index in [1.807, 2.05) is 0 Å². The molecule has 2 unspecified atom stereocenters. The van der Waals surface area contributed by atoms with Gasteiger partial charge in [-0.05, 0) is 55.5 Å². The van der Waals surface area contributed by atoms with Crippen molar-refractivity contribution in [3.63, 3.8) is 0 Å². The van der Waals surface area contributed by atoms with Crippen LogP contribution in [0.1, 0.15) is 57.2 Å². The quantitative estimate of drug-likeness (QED) is 0.726. The summed E-state index contributed by atoms with van der Waals surface area (Å²) in [5.74, 6) is 0.763. The fraction of sp³-hybridized carbons (Fsp3) is 0.625. The van der Waals surface area contributed by atoms with Crippen LogP contribution in [0.15, 0.2) is 22.7 Å². The number of rotatable bonds is 7. The molecule has 0 spiro atoms. The largest absolute Gasteiger partial charge is 0.310 e. The van der Waals surface area contributed by atoms with E-state index in [1.165, 1.54) is 34.9 Å². The topological polar surface area (TPSA) is 12.0 Å². The van der Waals surface area contributed by atoms with Gasteiger partial charge in [0, 0.05) is 10.5 Å². The van der Waals surface area contributed by atoms with Crippen LogP contribution < -0.4 is 5.32 Å². The molecule has 2 heteroatoms. The summed E-state index contributed by atoms with van der Waals surface area (Å²) in [5, 5.41) is 3.68. The molecule has 0 aromatic heterocycles. The van der Waals surface area contributed by atoms with E-state index in [4.69, 9.17) is 0 Å². The average molecular weight is 312 g/mol. The highest BCUT2D eigenvalue weighted by Crippen LogP contribution is 2.26. The summed E-state index contributed by atoms with van der Waals surface area (Å²) in [4.78, 5) is 0. The van der Waals surface area contributed by atoms with Crippen LogP contribution in [0, 0.1) is 12.8 Å². The SMILES string of the molecule is CCCNC(CC(C)CC)c1cc(C)cc(Br)c1. The lowest BCUT2D eigenvalue weighted by Gasteiger charge is -2.23. The van der Waals surface area contributed by atoms with E-state index < -0.39 is 0 Å². The van der Waals surface area contributed by atoms with Gasteiger partial charge in [0.25, 0.3) is 0 Å². The fourth-order valence-corrected chi connectivity index (χ4v) is 2.82. The maximum atomic E-state index is 3.68. The van der Waals surface area contributed by atoms with Gasteiger partial charge in [-0.3, -0.25) is 0 Å². The Morgan fingerprint density at radius 2 is 1.94 bits per heavy atom. The zero-order valence-corrected chi connectivity index (χ0v) is 13.7. The number of hydrogen-bond acceptors (Lipinski definition) is 1. The zero-order chi connectivity index (χ0) is 13.5. The van der Waals surface area contributed by atoms with Gasteiger partial charge in [-0.2, -0.15) is 0 Å². The van der Waals surface area contributed by atoms with Crippen LogP contribution in [-0.4, -0.2) is 6.54 Å².